The quantitative estimate of drug-likeness (QED) is 0.223. The number of carbonyl (C=O) groups is 3. The molecule has 0 saturated heterocycles. The number of esters is 3. The lowest BCUT2D eigenvalue weighted by molar-refractivity contribution is -0.188. The lowest BCUT2D eigenvalue weighted by atomic mass is 9.90. The van der Waals surface area contributed by atoms with E-state index >= 15 is 0 Å². The Hall–Kier alpha value is -4.41. The molecule has 0 fully saturated rings. The van der Waals surface area contributed by atoms with Crippen LogP contribution in [0.3, 0.4) is 0 Å². The van der Waals surface area contributed by atoms with Crippen molar-refractivity contribution in [1.29, 1.82) is 0 Å². The molecule has 214 valence electrons. The van der Waals surface area contributed by atoms with Crippen LogP contribution in [0, 0.1) is 6.92 Å². The SMILES string of the molecule is Cc1cc(OC(=O)c2ccc(N=C(N)N)cc2)cc(C2=NOC(CC(=O)OC(C)(C)C)(C(=O)OC(C)(C)C)C2)c1. The monoisotopic (exact) mass is 552 g/mol. The van der Waals surface area contributed by atoms with Crippen molar-refractivity contribution in [2.75, 3.05) is 0 Å². The van der Waals surface area contributed by atoms with Crippen molar-refractivity contribution in [2.24, 2.45) is 21.6 Å². The summed E-state index contributed by atoms with van der Waals surface area (Å²) in [6.45, 7) is 12.2. The highest BCUT2D eigenvalue weighted by molar-refractivity contribution is 6.06. The standard InChI is InChI=1S/C29H36N4O7/c1-17-12-19(14-21(13-17)37-24(35)18-8-10-20(11-9-18)32-26(30)31)22-15-29(40-33-22,25(36)39-28(5,6)7)16-23(34)38-27(2,3)4/h8-14H,15-16H2,1-7H3,(H4,30,31,32). The molecule has 4 N–H and O–H groups in total. The first-order chi connectivity index (χ1) is 18.4. The molecule has 0 aliphatic carbocycles. The number of benzene rings is 2. The van der Waals surface area contributed by atoms with Crippen molar-refractivity contribution in [3.63, 3.8) is 0 Å². The maximum Gasteiger partial charge on any atom is 0.354 e. The summed E-state index contributed by atoms with van der Waals surface area (Å²) >= 11 is 0. The van der Waals surface area contributed by atoms with Crippen LogP contribution in [-0.2, 0) is 23.9 Å². The number of carbonyl (C=O) groups excluding carboxylic acids is 3. The highest BCUT2D eigenvalue weighted by Gasteiger charge is 2.52. The molecule has 2 aromatic rings. The molecule has 3 rings (SSSR count). The first kappa shape index (κ1) is 30.1. The van der Waals surface area contributed by atoms with E-state index in [-0.39, 0.29) is 18.1 Å². The number of aliphatic imine (C=N–C) groups is 1. The largest absolute Gasteiger partial charge is 0.460 e. The average molecular weight is 553 g/mol. The number of aryl methyl sites for hydroxylation is 1. The topological polar surface area (TPSA) is 165 Å². The van der Waals surface area contributed by atoms with Crippen LogP contribution >= 0.6 is 0 Å². The van der Waals surface area contributed by atoms with Crippen molar-refractivity contribution in [1.82, 2.24) is 0 Å². The Morgan fingerprint density at radius 3 is 2.17 bits per heavy atom. The van der Waals surface area contributed by atoms with Gasteiger partial charge in [-0.2, -0.15) is 0 Å². The van der Waals surface area contributed by atoms with Gasteiger partial charge >= 0.3 is 17.9 Å². The smallest absolute Gasteiger partial charge is 0.354 e. The molecule has 0 bridgehead atoms. The van der Waals surface area contributed by atoms with Crippen LogP contribution in [0.1, 0.15) is 75.9 Å². The van der Waals surface area contributed by atoms with Gasteiger partial charge in [-0.05, 0) is 96.5 Å². The van der Waals surface area contributed by atoms with Gasteiger partial charge in [-0.1, -0.05) is 5.16 Å². The maximum absolute atomic E-state index is 13.3. The summed E-state index contributed by atoms with van der Waals surface area (Å²) in [4.78, 5) is 48.3. The van der Waals surface area contributed by atoms with Crippen molar-refractivity contribution in [3.8, 4) is 5.75 Å². The summed E-state index contributed by atoms with van der Waals surface area (Å²) in [7, 11) is 0. The number of ether oxygens (including phenoxy) is 3. The third kappa shape index (κ3) is 8.29. The summed E-state index contributed by atoms with van der Waals surface area (Å²) in [6, 6.07) is 11.4. The molecular weight excluding hydrogens is 516 g/mol. The third-order valence-electron chi connectivity index (χ3n) is 5.36. The Bertz CT molecular complexity index is 1350. The highest BCUT2D eigenvalue weighted by atomic mass is 16.7. The van der Waals surface area contributed by atoms with Crippen molar-refractivity contribution < 1.29 is 33.4 Å². The first-order valence-electron chi connectivity index (χ1n) is 12.7. The van der Waals surface area contributed by atoms with E-state index in [9.17, 15) is 14.4 Å². The fraction of sp³-hybridized carbons (Fsp3) is 0.414. The van der Waals surface area contributed by atoms with E-state index in [1.165, 1.54) is 0 Å². The molecule has 40 heavy (non-hydrogen) atoms. The summed E-state index contributed by atoms with van der Waals surface area (Å²) in [5, 5.41) is 4.15. The van der Waals surface area contributed by atoms with E-state index in [0.717, 1.165) is 5.56 Å². The maximum atomic E-state index is 13.3. The fourth-order valence-electron chi connectivity index (χ4n) is 3.85. The number of hydrogen-bond donors (Lipinski definition) is 2. The van der Waals surface area contributed by atoms with Crippen molar-refractivity contribution in [2.45, 2.75) is 78.1 Å². The van der Waals surface area contributed by atoms with Crippen molar-refractivity contribution in [3.05, 3.63) is 59.2 Å². The molecule has 1 atom stereocenters. The Labute approximate surface area is 233 Å². The molecular formula is C29H36N4O7. The second-order valence-corrected chi connectivity index (χ2v) is 11.6. The minimum absolute atomic E-state index is 0.0513. The van der Waals surface area contributed by atoms with Gasteiger partial charge in [0.05, 0.1) is 23.4 Å². The van der Waals surface area contributed by atoms with Crippen LogP contribution in [0.15, 0.2) is 52.6 Å². The van der Waals surface area contributed by atoms with Gasteiger partial charge < -0.3 is 30.5 Å². The summed E-state index contributed by atoms with van der Waals surface area (Å²) in [6.07, 6.45) is -0.445. The minimum atomic E-state index is -1.71. The van der Waals surface area contributed by atoms with Gasteiger partial charge in [0.15, 0.2) is 5.96 Å². The molecule has 1 unspecified atom stereocenters. The molecule has 0 radical (unpaired) electrons. The number of guanidine groups is 1. The van der Waals surface area contributed by atoms with E-state index in [0.29, 0.717) is 22.5 Å². The number of oxime groups is 1. The molecule has 0 amide bonds. The van der Waals surface area contributed by atoms with Gasteiger partial charge in [-0.15, -0.1) is 0 Å². The van der Waals surface area contributed by atoms with Crippen LogP contribution in [0.4, 0.5) is 5.69 Å². The zero-order valence-electron chi connectivity index (χ0n) is 23.9. The molecule has 0 spiro atoms. The van der Waals surface area contributed by atoms with Crippen LogP contribution < -0.4 is 16.2 Å². The van der Waals surface area contributed by atoms with Crippen LogP contribution in [0.2, 0.25) is 0 Å². The molecule has 11 nitrogen and oxygen atoms in total. The van der Waals surface area contributed by atoms with Gasteiger partial charge in [-0.3, -0.25) is 4.79 Å². The van der Waals surface area contributed by atoms with Crippen LogP contribution in [-0.4, -0.2) is 46.4 Å². The van der Waals surface area contributed by atoms with E-state index in [1.54, 1.807) is 77.9 Å². The van der Waals surface area contributed by atoms with E-state index in [4.69, 9.17) is 30.5 Å². The number of nitrogens with two attached hydrogens (primary N) is 2. The summed E-state index contributed by atoms with van der Waals surface area (Å²) < 4.78 is 16.6. The zero-order valence-corrected chi connectivity index (χ0v) is 23.9. The first-order valence-corrected chi connectivity index (χ1v) is 12.7. The van der Waals surface area contributed by atoms with Gasteiger partial charge in [0, 0.05) is 12.0 Å². The Kier molecular flexibility index (Phi) is 8.57. The number of rotatable bonds is 7. The molecule has 0 saturated carbocycles. The number of nitrogens with zero attached hydrogens (tertiary/aromatic N) is 2. The normalized spacial score (nSPS) is 16.8. The predicted octanol–water partition coefficient (Wildman–Crippen LogP) is 4.06. The lowest BCUT2D eigenvalue weighted by Gasteiger charge is -2.29. The van der Waals surface area contributed by atoms with Crippen LogP contribution in [0.5, 0.6) is 5.75 Å². The Balaban J connectivity index is 1.83. The minimum Gasteiger partial charge on any atom is -0.460 e. The summed E-state index contributed by atoms with van der Waals surface area (Å²) in [5.41, 5.74) is 9.98. The third-order valence-corrected chi connectivity index (χ3v) is 5.36. The average Bonchev–Trinajstić information content (AvgIpc) is 3.21. The predicted molar refractivity (Wildman–Crippen MR) is 149 cm³/mol. The molecule has 2 aromatic carbocycles. The zero-order chi connectivity index (χ0) is 29.9. The van der Waals surface area contributed by atoms with Crippen molar-refractivity contribution >= 4 is 35.3 Å². The van der Waals surface area contributed by atoms with Crippen LogP contribution in [0.25, 0.3) is 0 Å². The molecule has 11 heteroatoms. The Morgan fingerprint density at radius 2 is 1.60 bits per heavy atom. The lowest BCUT2D eigenvalue weighted by Crippen LogP contribution is -2.46. The second-order valence-electron chi connectivity index (χ2n) is 11.6. The molecule has 1 aliphatic rings. The summed E-state index contributed by atoms with van der Waals surface area (Å²) in [5.74, 6) is -1.78. The Morgan fingerprint density at radius 1 is 0.975 bits per heavy atom. The fourth-order valence-corrected chi connectivity index (χ4v) is 3.85. The second kappa shape index (κ2) is 11.4. The molecule has 1 heterocycles. The van der Waals surface area contributed by atoms with Gasteiger partial charge in [-0.25, -0.2) is 14.6 Å². The van der Waals surface area contributed by atoms with Gasteiger partial charge in [0.2, 0.25) is 5.60 Å². The molecule has 1 aliphatic heterocycles. The number of hydrogen-bond acceptors (Lipinski definition) is 9. The van der Waals surface area contributed by atoms with E-state index in [2.05, 4.69) is 10.1 Å². The van der Waals surface area contributed by atoms with E-state index in [1.807, 2.05) is 13.0 Å². The van der Waals surface area contributed by atoms with E-state index < -0.39 is 41.1 Å². The molecule has 0 aromatic heterocycles. The van der Waals surface area contributed by atoms with Gasteiger partial charge in [0.25, 0.3) is 0 Å². The highest BCUT2D eigenvalue weighted by Crippen LogP contribution is 2.35. The van der Waals surface area contributed by atoms with Gasteiger partial charge in [0.1, 0.15) is 17.0 Å².